The highest BCUT2D eigenvalue weighted by Crippen LogP contribution is 2.30. The molecule has 1 fully saturated rings. The van der Waals surface area contributed by atoms with Crippen molar-refractivity contribution in [2.75, 3.05) is 43.4 Å². The number of rotatable bonds is 11. The van der Waals surface area contributed by atoms with Crippen molar-refractivity contribution in [2.45, 2.75) is 45.8 Å². The summed E-state index contributed by atoms with van der Waals surface area (Å²) in [5.41, 5.74) is 7.60. The first-order valence-corrected chi connectivity index (χ1v) is 15.6. The number of unbranched alkanes of at least 4 members (excludes halogenated alkanes) is 1. The number of benzene rings is 2. The Balaban J connectivity index is 1.57. The summed E-state index contributed by atoms with van der Waals surface area (Å²) in [7, 11) is -3.52. The highest BCUT2D eigenvalue weighted by molar-refractivity contribution is 7.88. The van der Waals surface area contributed by atoms with Gasteiger partial charge in [0.25, 0.3) is 0 Å². The molecule has 3 aromatic rings. The van der Waals surface area contributed by atoms with Crippen molar-refractivity contribution in [1.82, 2.24) is 14.1 Å². The molecule has 11 heteroatoms. The lowest BCUT2D eigenvalue weighted by atomic mass is 9.88. The lowest BCUT2D eigenvalue weighted by Gasteiger charge is -2.36. The first-order chi connectivity index (χ1) is 19.0. The molecule has 0 radical (unpaired) electrons. The molecule has 40 heavy (non-hydrogen) atoms. The van der Waals surface area contributed by atoms with E-state index in [-0.39, 0.29) is 35.6 Å². The van der Waals surface area contributed by atoms with E-state index in [2.05, 4.69) is 25.9 Å². The number of hydrogen-bond donors (Lipinski definition) is 1. The third kappa shape index (κ3) is 7.35. The normalized spacial score (nSPS) is 14.8. The van der Waals surface area contributed by atoms with Gasteiger partial charge in [-0.05, 0) is 47.7 Å². The van der Waals surface area contributed by atoms with Crippen molar-refractivity contribution in [3.05, 3.63) is 75.7 Å². The fourth-order valence-corrected chi connectivity index (χ4v) is 6.40. The zero-order valence-electron chi connectivity index (χ0n) is 23.3. The summed E-state index contributed by atoms with van der Waals surface area (Å²) in [6.45, 7) is 8.15. The lowest BCUT2D eigenvalue weighted by molar-refractivity contribution is 0.164. The van der Waals surface area contributed by atoms with Crippen molar-refractivity contribution in [3.8, 4) is 11.4 Å². The number of aromatic nitrogens is 2. The van der Waals surface area contributed by atoms with Crippen LogP contribution in [0.15, 0.2) is 59.5 Å². The number of sulfonamides is 1. The standard InChI is InChI=1S/C29H38ClN5O4S/c1-4-5-13-29(2,3)21-39-27-26(19-32-35(28(27)36)25-8-6-7-23(30)18-25)33-14-16-34(17-15-33)40(37,38)20-22-9-11-24(31)12-10-22/h6-12,18-19H,4-5,13-17,20-21,31H2,1-3H3. The van der Waals surface area contributed by atoms with Gasteiger partial charge in [-0.15, -0.1) is 0 Å². The molecule has 2 heterocycles. The van der Waals surface area contributed by atoms with E-state index in [1.807, 2.05) is 4.90 Å². The highest BCUT2D eigenvalue weighted by atomic mass is 35.5. The van der Waals surface area contributed by atoms with Crippen molar-refractivity contribution in [2.24, 2.45) is 5.41 Å². The minimum atomic E-state index is -3.52. The van der Waals surface area contributed by atoms with Crippen LogP contribution < -0.4 is 20.9 Å². The molecule has 2 N–H and O–H groups in total. The Kier molecular flexibility index (Phi) is 9.43. The topological polar surface area (TPSA) is 111 Å². The zero-order valence-corrected chi connectivity index (χ0v) is 24.9. The Morgan fingerprint density at radius 3 is 2.42 bits per heavy atom. The van der Waals surface area contributed by atoms with Gasteiger partial charge < -0.3 is 15.4 Å². The van der Waals surface area contributed by atoms with E-state index in [0.29, 0.717) is 47.3 Å². The van der Waals surface area contributed by atoms with Crippen LogP contribution in [-0.2, 0) is 15.8 Å². The van der Waals surface area contributed by atoms with E-state index in [1.165, 1.54) is 8.99 Å². The molecule has 9 nitrogen and oxygen atoms in total. The fourth-order valence-electron chi connectivity index (χ4n) is 4.70. The molecule has 216 valence electrons. The Morgan fingerprint density at radius 2 is 1.77 bits per heavy atom. The second kappa shape index (κ2) is 12.6. The minimum Gasteiger partial charge on any atom is -0.486 e. The molecule has 1 aromatic heterocycles. The number of nitrogens with two attached hydrogens (primary N) is 1. The van der Waals surface area contributed by atoms with Crippen molar-refractivity contribution < 1.29 is 13.2 Å². The molecule has 0 amide bonds. The number of nitrogens with zero attached hydrogens (tertiary/aromatic N) is 4. The summed E-state index contributed by atoms with van der Waals surface area (Å²) in [6.07, 6.45) is 4.74. The second-order valence-electron chi connectivity index (χ2n) is 11.0. The first-order valence-electron chi connectivity index (χ1n) is 13.6. The maximum Gasteiger partial charge on any atom is 0.316 e. The molecule has 0 spiro atoms. The quantitative estimate of drug-likeness (QED) is 0.323. The first kappa shape index (κ1) is 29.9. The summed E-state index contributed by atoms with van der Waals surface area (Å²) in [6, 6.07) is 13.8. The molecule has 2 aromatic carbocycles. The summed E-state index contributed by atoms with van der Waals surface area (Å²) in [5, 5.41) is 4.93. The Morgan fingerprint density at radius 1 is 1.07 bits per heavy atom. The van der Waals surface area contributed by atoms with Gasteiger partial charge in [0, 0.05) is 36.9 Å². The third-order valence-electron chi connectivity index (χ3n) is 7.08. The van der Waals surface area contributed by atoms with Gasteiger partial charge in [0.1, 0.15) is 5.69 Å². The monoisotopic (exact) mass is 587 g/mol. The van der Waals surface area contributed by atoms with E-state index in [9.17, 15) is 13.2 Å². The number of ether oxygens (including phenoxy) is 1. The average molecular weight is 588 g/mol. The van der Waals surface area contributed by atoms with Gasteiger partial charge in [0.15, 0.2) is 0 Å². The number of anilines is 2. The summed E-state index contributed by atoms with van der Waals surface area (Å²) < 4.78 is 35.3. The summed E-state index contributed by atoms with van der Waals surface area (Å²) >= 11 is 6.18. The smallest absolute Gasteiger partial charge is 0.316 e. The predicted molar refractivity (Wildman–Crippen MR) is 161 cm³/mol. The molecule has 0 aliphatic carbocycles. The molecule has 0 bridgehead atoms. The largest absolute Gasteiger partial charge is 0.486 e. The number of hydrogen-bond acceptors (Lipinski definition) is 7. The van der Waals surface area contributed by atoms with Gasteiger partial charge in [-0.2, -0.15) is 14.1 Å². The van der Waals surface area contributed by atoms with Gasteiger partial charge in [0.05, 0.1) is 24.2 Å². The van der Waals surface area contributed by atoms with Gasteiger partial charge in [0.2, 0.25) is 15.8 Å². The molecule has 0 atom stereocenters. The van der Waals surface area contributed by atoms with Crippen molar-refractivity contribution >= 4 is 33.0 Å². The van der Waals surface area contributed by atoms with E-state index < -0.39 is 10.0 Å². The van der Waals surface area contributed by atoms with Crippen LogP contribution in [0.5, 0.6) is 5.75 Å². The fraction of sp³-hybridized carbons (Fsp3) is 0.448. The Hall–Kier alpha value is -3.08. The number of halogens is 1. The second-order valence-corrected chi connectivity index (χ2v) is 13.4. The van der Waals surface area contributed by atoms with Gasteiger partial charge in [-0.25, -0.2) is 8.42 Å². The van der Waals surface area contributed by atoms with Crippen LogP contribution in [0.4, 0.5) is 11.4 Å². The summed E-state index contributed by atoms with van der Waals surface area (Å²) in [5.74, 6) is 0.115. The molecule has 0 unspecified atom stereocenters. The average Bonchev–Trinajstić information content (AvgIpc) is 2.92. The third-order valence-corrected chi connectivity index (χ3v) is 9.17. The van der Waals surface area contributed by atoms with Gasteiger partial charge in [-0.3, -0.25) is 4.79 Å². The van der Waals surface area contributed by atoms with E-state index in [1.54, 1.807) is 54.7 Å². The van der Waals surface area contributed by atoms with E-state index in [0.717, 1.165) is 19.3 Å². The molecular weight excluding hydrogens is 550 g/mol. The molecule has 0 saturated carbocycles. The zero-order chi connectivity index (χ0) is 28.9. The molecule has 4 rings (SSSR count). The molecular formula is C29H38ClN5O4S. The van der Waals surface area contributed by atoms with Gasteiger partial charge >= 0.3 is 5.56 Å². The molecule has 1 aliphatic heterocycles. The van der Waals surface area contributed by atoms with Crippen LogP contribution in [0.25, 0.3) is 5.69 Å². The van der Waals surface area contributed by atoms with Crippen LogP contribution >= 0.6 is 11.6 Å². The van der Waals surface area contributed by atoms with Crippen LogP contribution in [0, 0.1) is 5.41 Å². The molecule has 1 aliphatic rings. The predicted octanol–water partition coefficient (Wildman–Crippen LogP) is 4.72. The maximum absolute atomic E-state index is 13.7. The Labute approximate surface area is 241 Å². The Bertz CT molecular complexity index is 1470. The minimum absolute atomic E-state index is 0.0915. The number of nitrogen functional groups attached to an aromatic ring is 1. The van der Waals surface area contributed by atoms with E-state index >= 15 is 0 Å². The van der Waals surface area contributed by atoms with Crippen LogP contribution in [0.2, 0.25) is 5.02 Å². The summed E-state index contributed by atoms with van der Waals surface area (Å²) in [4.78, 5) is 15.7. The van der Waals surface area contributed by atoms with Crippen molar-refractivity contribution in [1.29, 1.82) is 0 Å². The number of piperazine rings is 1. The van der Waals surface area contributed by atoms with Crippen LogP contribution in [0.1, 0.15) is 45.6 Å². The highest BCUT2D eigenvalue weighted by Gasteiger charge is 2.30. The van der Waals surface area contributed by atoms with Crippen LogP contribution in [-0.4, -0.2) is 55.3 Å². The SMILES string of the molecule is CCCCC(C)(C)COc1c(N2CCN(S(=O)(=O)Cc3ccc(N)cc3)CC2)cnn(-c2cccc(Cl)c2)c1=O. The van der Waals surface area contributed by atoms with E-state index in [4.69, 9.17) is 22.1 Å². The van der Waals surface area contributed by atoms with Gasteiger partial charge in [-0.1, -0.05) is 63.4 Å². The molecule has 1 saturated heterocycles. The maximum atomic E-state index is 13.7. The lowest BCUT2D eigenvalue weighted by Crippen LogP contribution is -2.49. The van der Waals surface area contributed by atoms with Crippen LogP contribution in [0.3, 0.4) is 0 Å². The van der Waals surface area contributed by atoms with Crippen molar-refractivity contribution in [3.63, 3.8) is 0 Å².